The van der Waals surface area contributed by atoms with Gasteiger partial charge >= 0.3 is 0 Å². The molecular formula is C16H21N3O4. The number of methoxy groups -OCH3 is 1. The Morgan fingerprint density at radius 1 is 1.30 bits per heavy atom. The molecule has 1 aromatic carbocycles. The van der Waals surface area contributed by atoms with Crippen molar-refractivity contribution in [2.24, 2.45) is 0 Å². The zero-order valence-corrected chi connectivity index (χ0v) is 13.1. The lowest BCUT2D eigenvalue weighted by Gasteiger charge is -2.14. The molecule has 0 unspecified atom stereocenters. The van der Waals surface area contributed by atoms with E-state index in [0.29, 0.717) is 24.4 Å². The Morgan fingerprint density at radius 3 is 2.87 bits per heavy atom. The molecule has 0 radical (unpaired) electrons. The average Bonchev–Trinajstić information content (AvgIpc) is 2.66. The van der Waals surface area contributed by atoms with Gasteiger partial charge in [0.15, 0.2) is 0 Å². The fourth-order valence-electron chi connectivity index (χ4n) is 2.32. The van der Waals surface area contributed by atoms with Crippen LogP contribution >= 0.6 is 0 Å². The first-order valence-electron chi connectivity index (χ1n) is 7.58. The second kappa shape index (κ2) is 8.28. The Bertz CT molecular complexity index is 588. The monoisotopic (exact) mass is 319 g/mol. The maximum atomic E-state index is 12.2. The zero-order valence-electron chi connectivity index (χ0n) is 13.1. The molecule has 1 aromatic rings. The van der Waals surface area contributed by atoms with Gasteiger partial charge in [-0.05, 0) is 25.0 Å². The van der Waals surface area contributed by atoms with Crippen molar-refractivity contribution < 1.29 is 19.1 Å². The van der Waals surface area contributed by atoms with Crippen molar-refractivity contribution in [1.29, 1.82) is 0 Å². The number of rotatable bonds is 7. The normalized spacial score (nSPS) is 16.8. The van der Waals surface area contributed by atoms with E-state index in [1.165, 1.54) is 0 Å². The van der Waals surface area contributed by atoms with Crippen LogP contribution in [0.1, 0.15) is 29.6 Å². The van der Waals surface area contributed by atoms with E-state index >= 15 is 0 Å². The fourth-order valence-corrected chi connectivity index (χ4v) is 2.32. The quantitative estimate of drug-likeness (QED) is 0.644. The van der Waals surface area contributed by atoms with Crippen LogP contribution in [-0.2, 0) is 14.3 Å². The molecule has 2 rings (SSSR count). The molecule has 124 valence electrons. The predicted molar refractivity (Wildman–Crippen MR) is 85.1 cm³/mol. The van der Waals surface area contributed by atoms with E-state index < -0.39 is 6.04 Å². The summed E-state index contributed by atoms with van der Waals surface area (Å²) in [6.45, 7) is 1.11. The van der Waals surface area contributed by atoms with E-state index in [9.17, 15) is 14.4 Å². The van der Waals surface area contributed by atoms with Gasteiger partial charge in [-0.3, -0.25) is 14.4 Å². The number of amides is 3. The molecule has 0 saturated heterocycles. The minimum absolute atomic E-state index is 0.148. The molecule has 23 heavy (non-hydrogen) atoms. The van der Waals surface area contributed by atoms with E-state index in [2.05, 4.69) is 16.0 Å². The molecule has 0 aliphatic carbocycles. The van der Waals surface area contributed by atoms with Crippen molar-refractivity contribution in [3.63, 3.8) is 0 Å². The Kier molecular flexibility index (Phi) is 6.10. The third kappa shape index (κ3) is 4.79. The van der Waals surface area contributed by atoms with Gasteiger partial charge in [0.1, 0.15) is 6.04 Å². The highest BCUT2D eigenvalue weighted by Crippen LogP contribution is 2.19. The number of carbonyl (C=O) groups is 3. The summed E-state index contributed by atoms with van der Waals surface area (Å²) in [5.74, 6) is -0.773. The largest absolute Gasteiger partial charge is 0.385 e. The summed E-state index contributed by atoms with van der Waals surface area (Å²) in [5, 5.41) is 8.13. The maximum absolute atomic E-state index is 12.2. The number of anilines is 1. The van der Waals surface area contributed by atoms with Crippen molar-refractivity contribution >= 4 is 23.4 Å². The summed E-state index contributed by atoms with van der Waals surface area (Å²) < 4.78 is 4.90. The van der Waals surface area contributed by atoms with E-state index in [0.717, 1.165) is 6.42 Å². The Morgan fingerprint density at radius 2 is 2.09 bits per heavy atom. The number of hydrogen-bond donors (Lipinski definition) is 3. The van der Waals surface area contributed by atoms with Crippen molar-refractivity contribution in [3.05, 3.63) is 29.8 Å². The first kappa shape index (κ1) is 17.0. The predicted octanol–water partition coefficient (Wildman–Crippen LogP) is 0.670. The van der Waals surface area contributed by atoms with Gasteiger partial charge in [-0.1, -0.05) is 12.1 Å². The van der Waals surface area contributed by atoms with E-state index in [4.69, 9.17) is 4.74 Å². The van der Waals surface area contributed by atoms with Crippen LogP contribution in [-0.4, -0.2) is 44.0 Å². The molecular weight excluding hydrogens is 298 g/mol. The van der Waals surface area contributed by atoms with E-state index in [1.54, 1.807) is 31.4 Å². The standard InChI is InChI=1S/C16H21N3O4/c1-23-10-4-9-17-14(20)8-7-13-16(22)18-12-6-3-2-5-11(12)15(21)19-13/h2-3,5-6,13H,4,7-10H2,1H3,(H,17,20)(H,18,22)(H,19,21)/t13-/m0/s1. The molecule has 1 atom stereocenters. The topological polar surface area (TPSA) is 96.5 Å². The molecule has 1 heterocycles. The second-order valence-corrected chi connectivity index (χ2v) is 5.30. The number of para-hydroxylation sites is 1. The Balaban J connectivity index is 1.86. The third-order valence-electron chi connectivity index (χ3n) is 3.56. The van der Waals surface area contributed by atoms with Gasteiger partial charge in [0.25, 0.3) is 5.91 Å². The van der Waals surface area contributed by atoms with Crippen molar-refractivity contribution in [2.75, 3.05) is 25.6 Å². The molecule has 0 saturated carbocycles. The highest BCUT2D eigenvalue weighted by atomic mass is 16.5. The fraction of sp³-hybridized carbons (Fsp3) is 0.438. The summed E-state index contributed by atoms with van der Waals surface area (Å²) in [5.41, 5.74) is 0.911. The Hall–Kier alpha value is -2.41. The van der Waals surface area contributed by atoms with Crippen LogP contribution < -0.4 is 16.0 Å². The summed E-state index contributed by atoms with van der Waals surface area (Å²) >= 11 is 0. The minimum Gasteiger partial charge on any atom is -0.385 e. The van der Waals surface area contributed by atoms with Crippen LogP contribution in [0.3, 0.4) is 0 Å². The average molecular weight is 319 g/mol. The second-order valence-electron chi connectivity index (χ2n) is 5.30. The van der Waals surface area contributed by atoms with Crippen LogP contribution in [0.5, 0.6) is 0 Å². The lowest BCUT2D eigenvalue weighted by molar-refractivity contribution is -0.121. The first-order chi connectivity index (χ1) is 11.1. The summed E-state index contributed by atoms with van der Waals surface area (Å²) in [6.07, 6.45) is 1.15. The van der Waals surface area contributed by atoms with Gasteiger partial charge in [0.2, 0.25) is 11.8 Å². The molecule has 7 heteroatoms. The maximum Gasteiger partial charge on any atom is 0.254 e. The molecule has 3 amide bonds. The van der Waals surface area contributed by atoms with Crippen molar-refractivity contribution in [1.82, 2.24) is 10.6 Å². The molecule has 7 nitrogen and oxygen atoms in total. The zero-order chi connectivity index (χ0) is 16.7. The van der Waals surface area contributed by atoms with Crippen LogP contribution in [0, 0.1) is 0 Å². The lowest BCUT2D eigenvalue weighted by Crippen LogP contribution is -2.42. The molecule has 0 fully saturated rings. The SMILES string of the molecule is COCCCNC(=O)CC[C@@H]1NC(=O)c2ccccc2NC1=O. The van der Waals surface area contributed by atoms with Gasteiger partial charge in [0, 0.05) is 26.7 Å². The van der Waals surface area contributed by atoms with E-state index in [1.807, 2.05) is 0 Å². The highest BCUT2D eigenvalue weighted by Gasteiger charge is 2.27. The third-order valence-corrected chi connectivity index (χ3v) is 3.56. The van der Waals surface area contributed by atoms with E-state index in [-0.39, 0.29) is 30.6 Å². The number of nitrogens with one attached hydrogen (secondary N) is 3. The van der Waals surface area contributed by atoms with Gasteiger partial charge in [-0.2, -0.15) is 0 Å². The lowest BCUT2D eigenvalue weighted by atomic mass is 10.1. The Labute approximate surface area is 134 Å². The first-order valence-corrected chi connectivity index (χ1v) is 7.58. The smallest absolute Gasteiger partial charge is 0.254 e. The molecule has 1 aliphatic heterocycles. The number of carbonyl (C=O) groups excluding carboxylic acids is 3. The van der Waals surface area contributed by atoms with Gasteiger partial charge in [-0.25, -0.2) is 0 Å². The minimum atomic E-state index is -0.723. The van der Waals surface area contributed by atoms with Crippen LogP contribution in [0.25, 0.3) is 0 Å². The van der Waals surface area contributed by atoms with Gasteiger partial charge < -0.3 is 20.7 Å². The summed E-state index contributed by atoms with van der Waals surface area (Å²) in [6, 6.07) is 6.09. The van der Waals surface area contributed by atoms with Gasteiger partial charge in [-0.15, -0.1) is 0 Å². The number of hydrogen-bond acceptors (Lipinski definition) is 4. The van der Waals surface area contributed by atoms with Crippen LogP contribution in [0.2, 0.25) is 0 Å². The van der Waals surface area contributed by atoms with Crippen molar-refractivity contribution in [2.45, 2.75) is 25.3 Å². The molecule has 1 aliphatic rings. The highest BCUT2D eigenvalue weighted by molar-refractivity contribution is 6.09. The van der Waals surface area contributed by atoms with Crippen molar-refractivity contribution in [3.8, 4) is 0 Å². The molecule has 0 aromatic heterocycles. The number of benzene rings is 1. The number of ether oxygens (including phenoxy) is 1. The molecule has 3 N–H and O–H groups in total. The molecule has 0 spiro atoms. The molecule has 0 bridgehead atoms. The number of fused-ring (bicyclic) bond motifs is 1. The summed E-state index contributed by atoms with van der Waals surface area (Å²) in [4.78, 5) is 36.0. The summed E-state index contributed by atoms with van der Waals surface area (Å²) in [7, 11) is 1.60. The van der Waals surface area contributed by atoms with Crippen LogP contribution in [0.4, 0.5) is 5.69 Å². The van der Waals surface area contributed by atoms with Crippen LogP contribution in [0.15, 0.2) is 24.3 Å². The van der Waals surface area contributed by atoms with Gasteiger partial charge in [0.05, 0.1) is 11.3 Å².